The van der Waals surface area contributed by atoms with Gasteiger partial charge in [0.25, 0.3) is 0 Å². The Morgan fingerprint density at radius 2 is 1.47 bits per heavy atom. The highest BCUT2D eigenvalue weighted by Crippen LogP contribution is 2.44. The van der Waals surface area contributed by atoms with Crippen molar-refractivity contribution >= 4 is 34.6 Å². The van der Waals surface area contributed by atoms with Crippen molar-refractivity contribution in [3.05, 3.63) is 11.8 Å². The number of rotatable bonds is 20. The topological polar surface area (TPSA) is 207 Å². The molecule has 2 N–H and O–H groups in total. The number of fused-ring (bicyclic) bond motifs is 2. The summed E-state index contributed by atoms with van der Waals surface area (Å²) in [4.78, 5) is 45.3. The summed E-state index contributed by atoms with van der Waals surface area (Å²) in [5.74, 6) is 0.299. The van der Waals surface area contributed by atoms with Crippen LogP contribution in [-0.2, 0) is 34.9 Å². The molecule has 4 rings (SSSR count). The minimum Gasteiger partial charge on any atom is -0.444 e. The van der Waals surface area contributed by atoms with Crippen molar-refractivity contribution in [1.82, 2.24) is 35.9 Å². The molecule has 19 heteroatoms. The normalized spacial score (nSPS) is 19.3. The minimum atomic E-state index is -4.68. The summed E-state index contributed by atoms with van der Waals surface area (Å²) < 4.78 is 55.6. The average molecular weight is 841 g/mol. The van der Waals surface area contributed by atoms with Crippen LogP contribution in [0.2, 0.25) is 0 Å². The number of guanidine groups is 1. The van der Waals surface area contributed by atoms with Crippen LogP contribution in [0.1, 0.15) is 177 Å². The first-order valence-electron chi connectivity index (χ1n) is 21.1. The molecule has 4 amide bonds. The molecule has 18 nitrogen and oxygen atoms in total. The number of carbonyl (C=O) groups is 3. The van der Waals surface area contributed by atoms with Crippen LogP contribution < -0.4 is 10.6 Å². The average Bonchev–Trinajstić information content (AvgIpc) is 3.63. The Hall–Kier alpha value is -3.55. The van der Waals surface area contributed by atoms with Gasteiger partial charge in [-0.05, 0) is 92.9 Å². The third kappa shape index (κ3) is 13.5. The Morgan fingerprint density at radius 1 is 0.879 bits per heavy atom. The fraction of sp³-hybridized carbons (Fsp3) is 0.846. The van der Waals surface area contributed by atoms with Crippen LogP contribution in [0, 0.1) is 0 Å². The number of hydroxylamine groups is 4. The Morgan fingerprint density at radius 3 is 1.98 bits per heavy atom. The molecule has 2 atom stereocenters. The third-order valence-corrected chi connectivity index (χ3v) is 11.0. The van der Waals surface area contributed by atoms with Crippen LogP contribution >= 0.6 is 0 Å². The largest absolute Gasteiger partial charge is 0.444 e. The predicted octanol–water partition coefficient (Wildman–Crippen LogP) is 7.62. The van der Waals surface area contributed by atoms with Crippen molar-refractivity contribution in [2.45, 2.75) is 200 Å². The van der Waals surface area contributed by atoms with E-state index in [0.29, 0.717) is 32.2 Å². The number of hydrogen-bond donors (Lipinski definition) is 2. The molecule has 1 saturated carbocycles. The van der Waals surface area contributed by atoms with Gasteiger partial charge in [0.05, 0.1) is 18.0 Å². The molecule has 3 heterocycles. The summed E-state index contributed by atoms with van der Waals surface area (Å²) in [7, 11) is -4.68. The summed E-state index contributed by atoms with van der Waals surface area (Å²) >= 11 is 0. The Balaban J connectivity index is 1.47. The van der Waals surface area contributed by atoms with E-state index in [1.165, 1.54) is 4.90 Å². The van der Waals surface area contributed by atoms with E-state index in [2.05, 4.69) is 53.5 Å². The zero-order chi connectivity index (χ0) is 42.9. The molecule has 0 spiro atoms. The zero-order valence-corrected chi connectivity index (χ0v) is 37.2. The number of unbranched alkanes of at least 4 members (excludes halogenated alkanes) is 3. The maximum atomic E-state index is 13.8. The van der Waals surface area contributed by atoms with Crippen LogP contribution in [0.15, 0.2) is 9.41 Å². The molecule has 1 aromatic rings. The lowest BCUT2D eigenvalue weighted by Crippen LogP contribution is -2.51. The van der Waals surface area contributed by atoms with Crippen LogP contribution in [0.5, 0.6) is 0 Å². The molecular formula is C39H68N8O10S. The van der Waals surface area contributed by atoms with Gasteiger partial charge in [0, 0.05) is 18.6 Å². The van der Waals surface area contributed by atoms with Gasteiger partial charge in [-0.15, -0.1) is 14.5 Å². The van der Waals surface area contributed by atoms with E-state index in [1.807, 2.05) is 0 Å². The number of nitrogens with one attached hydrogen (secondary N) is 2. The van der Waals surface area contributed by atoms with Gasteiger partial charge in [0.1, 0.15) is 17.2 Å². The molecule has 1 aromatic heterocycles. The Labute approximate surface area is 344 Å². The molecule has 2 bridgehead atoms. The monoisotopic (exact) mass is 840 g/mol. The second-order valence-corrected chi connectivity index (χ2v) is 19.0. The molecule has 1 aliphatic carbocycles. The highest BCUT2D eigenvalue weighted by Gasteiger charge is 2.51. The van der Waals surface area contributed by atoms with Gasteiger partial charge in [-0.1, -0.05) is 66.2 Å². The number of aliphatic imine (C=N–C) groups is 1. The highest BCUT2D eigenvalue weighted by molar-refractivity contribution is 7.81. The number of nitrogens with zero attached hydrogens (tertiary/aromatic N) is 6. The molecule has 0 unspecified atom stereocenters. The lowest BCUT2D eigenvalue weighted by atomic mass is 9.82. The standard InChI is InChI=1S/C39H68N8O10S/c1-11-15-21-39(20-14-4,22-16-12-2)46(25-17-13-3)56-58(51,52)57-47-28-18-19-29(45(27-28)35(47)50)31-44-43-30(53-31)26-38(23-24-38)42-32(40-33(48)54-36(5,6)7)41-34(49)55-37(8,9)10/h28-29H,11-27H2,1-10H3,(H2,40,41,42,48,49)/t28-,29-/m0/s1. The number of hydrogen-bond acceptors (Lipinski definition) is 14. The van der Waals surface area contributed by atoms with E-state index < -0.39 is 63.0 Å². The van der Waals surface area contributed by atoms with Crippen molar-refractivity contribution in [2.75, 3.05) is 13.1 Å². The van der Waals surface area contributed by atoms with E-state index >= 15 is 0 Å². The summed E-state index contributed by atoms with van der Waals surface area (Å²) in [6.45, 7) is 19.3. The molecule has 0 radical (unpaired) electrons. The Bertz CT molecular complexity index is 1640. The number of alkyl carbamates (subject to hydrolysis) is 2. The van der Waals surface area contributed by atoms with Crippen LogP contribution in [0.4, 0.5) is 14.4 Å². The SMILES string of the molecule is CCCCN(OS(=O)(=O)ON1C(=O)N2C[C@@H]1CC[C@H]2c1nnc(CC2(N=C(NC(=O)OC(C)(C)C)NC(=O)OC(C)(C)C)CC2)o1)C(CCC)(CCCC)CCCC. The first-order valence-corrected chi connectivity index (χ1v) is 22.4. The molecule has 3 fully saturated rings. The predicted molar refractivity (Wildman–Crippen MR) is 215 cm³/mol. The summed E-state index contributed by atoms with van der Waals surface area (Å²) in [5.41, 5.74) is -2.83. The molecule has 2 saturated heterocycles. The number of amides is 4. The zero-order valence-electron chi connectivity index (χ0n) is 36.3. The molecule has 0 aromatic carbocycles. The van der Waals surface area contributed by atoms with Crippen molar-refractivity contribution in [3.63, 3.8) is 0 Å². The van der Waals surface area contributed by atoms with Crippen molar-refractivity contribution in [1.29, 1.82) is 0 Å². The molecule has 58 heavy (non-hydrogen) atoms. The number of piperidine rings is 1. The van der Waals surface area contributed by atoms with E-state index in [1.54, 1.807) is 46.6 Å². The first-order chi connectivity index (χ1) is 27.2. The van der Waals surface area contributed by atoms with Crippen molar-refractivity contribution in [2.24, 2.45) is 4.99 Å². The lowest BCUT2D eigenvalue weighted by Gasteiger charge is -2.43. The van der Waals surface area contributed by atoms with E-state index in [4.69, 9.17) is 22.5 Å². The fourth-order valence-electron chi connectivity index (χ4n) is 7.44. The van der Waals surface area contributed by atoms with E-state index in [9.17, 15) is 22.8 Å². The van der Waals surface area contributed by atoms with Gasteiger partial charge < -0.3 is 18.8 Å². The molecular weight excluding hydrogens is 773 g/mol. The quantitative estimate of drug-likeness (QED) is 0.0737. The number of ether oxygens (including phenoxy) is 2. The second-order valence-electron chi connectivity index (χ2n) is 17.9. The fourth-order valence-corrected chi connectivity index (χ4v) is 8.30. The summed E-state index contributed by atoms with van der Waals surface area (Å²) in [6, 6.07) is -1.77. The van der Waals surface area contributed by atoms with Crippen LogP contribution in [-0.4, -0.2) is 99.2 Å². The smallest absolute Gasteiger partial charge is 0.437 e. The number of urea groups is 1. The third-order valence-electron chi connectivity index (χ3n) is 10.3. The maximum absolute atomic E-state index is 13.8. The second kappa shape index (κ2) is 19.7. The van der Waals surface area contributed by atoms with Gasteiger partial charge in [-0.25, -0.2) is 19.4 Å². The van der Waals surface area contributed by atoms with E-state index in [0.717, 1.165) is 69.3 Å². The highest BCUT2D eigenvalue weighted by atomic mass is 32.3. The molecule has 330 valence electrons. The lowest BCUT2D eigenvalue weighted by molar-refractivity contribution is -0.172. The van der Waals surface area contributed by atoms with Gasteiger partial charge in [0.15, 0.2) is 0 Å². The number of aromatic nitrogens is 2. The van der Waals surface area contributed by atoms with Gasteiger partial charge in [0.2, 0.25) is 17.7 Å². The summed E-state index contributed by atoms with van der Waals surface area (Å²) in [6.07, 6.45) is 9.29. The van der Waals surface area contributed by atoms with E-state index in [-0.39, 0.29) is 30.7 Å². The maximum Gasteiger partial charge on any atom is 0.437 e. The molecule has 2 aliphatic heterocycles. The number of carbonyl (C=O) groups excluding carboxylic acids is 3. The van der Waals surface area contributed by atoms with Crippen molar-refractivity contribution < 1.29 is 45.3 Å². The van der Waals surface area contributed by atoms with Crippen molar-refractivity contribution in [3.8, 4) is 0 Å². The van der Waals surface area contributed by atoms with Crippen LogP contribution in [0.3, 0.4) is 0 Å². The minimum absolute atomic E-state index is 0.146. The first kappa shape index (κ1) is 47.1. The van der Waals surface area contributed by atoms with Gasteiger partial charge in [-0.2, -0.15) is 22.8 Å². The Kier molecular flexibility index (Phi) is 16.0. The van der Waals surface area contributed by atoms with Gasteiger partial charge in [-0.3, -0.25) is 10.6 Å². The van der Waals surface area contributed by atoms with Gasteiger partial charge >= 0.3 is 28.6 Å². The molecule has 3 aliphatic rings. The van der Waals surface area contributed by atoms with Crippen LogP contribution in [0.25, 0.3) is 0 Å². The summed E-state index contributed by atoms with van der Waals surface area (Å²) in [5, 5.41) is 16.1.